The van der Waals surface area contributed by atoms with Crippen molar-refractivity contribution < 1.29 is 14.7 Å². The summed E-state index contributed by atoms with van der Waals surface area (Å²) < 4.78 is 0. The molecule has 3 N–H and O–H groups in total. The lowest BCUT2D eigenvalue weighted by atomic mass is 10.4. The van der Waals surface area contributed by atoms with Gasteiger partial charge in [-0.05, 0) is 6.92 Å². The summed E-state index contributed by atoms with van der Waals surface area (Å²) in [5.41, 5.74) is 5.17. The average Bonchev–Trinajstić information content (AvgIpc) is 1.86. The van der Waals surface area contributed by atoms with Crippen molar-refractivity contribution in [2.75, 3.05) is 11.5 Å². The second-order valence-electron chi connectivity index (χ2n) is 2.16. The minimum absolute atomic E-state index is 0.0348. The summed E-state index contributed by atoms with van der Waals surface area (Å²) in [7, 11) is 0. The van der Waals surface area contributed by atoms with Crippen LogP contribution in [-0.2, 0) is 9.59 Å². The first-order valence-corrected chi connectivity index (χ1v) is 4.25. The van der Waals surface area contributed by atoms with E-state index in [-0.39, 0.29) is 11.5 Å². The predicted molar refractivity (Wildman–Crippen MR) is 43.6 cm³/mol. The van der Waals surface area contributed by atoms with Gasteiger partial charge in [0.15, 0.2) is 0 Å². The van der Waals surface area contributed by atoms with Crippen LogP contribution in [0.4, 0.5) is 0 Å². The summed E-state index contributed by atoms with van der Waals surface area (Å²) in [5, 5.41) is 8.32. The van der Waals surface area contributed by atoms with E-state index >= 15 is 0 Å². The highest BCUT2D eigenvalue weighted by Gasteiger charge is 2.10. The third-order valence-corrected chi connectivity index (χ3v) is 2.13. The topological polar surface area (TPSA) is 80.4 Å². The number of carboxylic acid groups (broad SMARTS) is 1. The van der Waals surface area contributed by atoms with Crippen molar-refractivity contribution in [3.05, 3.63) is 0 Å². The molecule has 0 aliphatic carbocycles. The highest BCUT2D eigenvalue weighted by molar-refractivity contribution is 8.00. The lowest BCUT2D eigenvalue weighted by Crippen LogP contribution is -2.32. The van der Waals surface area contributed by atoms with Crippen molar-refractivity contribution in [3.63, 3.8) is 0 Å². The number of hydrogen-bond acceptors (Lipinski definition) is 4. The zero-order valence-electron chi connectivity index (χ0n) is 6.24. The zero-order chi connectivity index (χ0) is 8.85. The SMILES string of the molecule is CC(=O)CSC[C@H](N)C(=O)O. The smallest absolute Gasteiger partial charge is 0.321 e. The third kappa shape index (κ3) is 5.87. The number of ketones is 1. The van der Waals surface area contributed by atoms with Crippen LogP contribution in [0.2, 0.25) is 0 Å². The molecule has 0 bridgehead atoms. The fourth-order valence-corrected chi connectivity index (χ4v) is 1.20. The fraction of sp³-hybridized carbons (Fsp3) is 0.667. The van der Waals surface area contributed by atoms with Gasteiger partial charge in [-0.25, -0.2) is 0 Å². The van der Waals surface area contributed by atoms with E-state index in [9.17, 15) is 9.59 Å². The lowest BCUT2D eigenvalue weighted by Gasteiger charge is -2.03. The van der Waals surface area contributed by atoms with E-state index < -0.39 is 12.0 Å². The van der Waals surface area contributed by atoms with E-state index in [4.69, 9.17) is 10.8 Å². The second-order valence-corrected chi connectivity index (χ2v) is 3.19. The Morgan fingerprint density at radius 1 is 1.64 bits per heavy atom. The maximum Gasteiger partial charge on any atom is 0.321 e. The monoisotopic (exact) mass is 177 g/mol. The van der Waals surface area contributed by atoms with Crippen molar-refractivity contribution >= 4 is 23.5 Å². The van der Waals surface area contributed by atoms with E-state index in [2.05, 4.69) is 0 Å². The minimum Gasteiger partial charge on any atom is -0.480 e. The van der Waals surface area contributed by atoms with Crippen LogP contribution in [-0.4, -0.2) is 34.4 Å². The van der Waals surface area contributed by atoms with E-state index in [0.29, 0.717) is 5.75 Å². The summed E-state index contributed by atoms with van der Waals surface area (Å²) in [5.74, 6) is -0.371. The number of carbonyl (C=O) groups excluding carboxylic acids is 1. The Balaban J connectivity index is 3.39. The second kappa shape index (κ2) is 5.15. The molecule has 0 fully saturated rings. The van der Waals surface area contributed by atoms with Gasteiger partial charge in [-0.1, -0.05) is 0 Å². The largest absolute Gasteiger partial charge is 0.480 e. The molecule has 0 heterocycles. The maximum atomic E-state index is 10.4. The Morgan fingerprint density at radius 2 is 2.18 bits per heavy atom. The molecule has 0 saturated heterocycles. The molecule has 0 rings (SSSR count). The van der Waals surface area contributed by atoms with Crippen molar-refractivity contribution in [2.24, 2.45) is 5.73 Å². The Kier molecular flexibility index (Phi) is 4.89. The highest BCUT2D eigenvalue weighted by Crippen LogP contribution is 2.01. The van der Waals surface area contributed by atoms with Crippen LogP contribution in [0, 0.1) is 0 Å². The highest BCUT2D eigenvalue weighted by atomic mass is 32.2. The van der Waals surface area contributed by atoms with E-state index in [1.165, 1.54) is 18.7 Å². The van der Waals surface area contributed by atoms with Crippen LogP contribution < -0.4 is 5.73 Å². The molecular weight excluding hydrogens is 166 g/mol. The zero-order valence-corrected chi connectivity index (χ0v) is 7.06. The number of carboxylic acids is 1. The van der Waals surface area contributed by atoms with Crippen LogP contribution in [0.3, 0.4) is 0 Å². The Hall–Kier alpha value is -0.550. The molecule has 0 amide bonds. The molecule has 5 heteroatoms. The van der Waals surface area contributed by atoms with Crippen LogP contribution in [0.15, 0.2) is 0 Å². The van der Waals surface area contributed by atoms with Gasteiger partial charge < -0.3 is 10.8 Å². The Morgan fingerprint density at radius 3 is 2.55 bits per heavy atom. The number of carbonyl (C=O) groups is 2. The van der Waals surface area contributed by atoms with Gasteiger partial charge in [-0.2, -0.15) is 11.8 Å². The molecule has 0 aliphatic rings. The van der Waals surface area contributed by atoms with Gasteiger partial charge >= 0.3 is 5.97 Å². The Bertz CT molecular complexity index is 160. The maximum absolute atomic E-state index is 10.4. The van der Waals surface area contributed by atoms with Gasteiger partial charge in [0.2, 0.25) is 0 Å². The van der Waals surface area contributed by atoms with Crippen LogP contribution in [0.5, 0.6) is 0 Å². The summed E-state index contributed by atoms with van der Waals surface area (Å²) in [4.78, 5) is 20.5. The van der Waals surface area contributed by atoms with Crippen molar-refractivity contribution in [1.29, 1.82) is 0 Å². The number of Topliss-reactive ketones (excluding diaryl/α,β-unsaturated/α-hetero) is 1. The van der Waals surface area contributed by atoms with Crippen molar-refractivity contribution in [2.45, 2.75) is 13.0 Å². The number of rotatable bonds is 5. The number of thioether (sulfide) groups is 1. The molecule has 0 radical (unpaired) electrons. The van der Waals surface area contributed by atoms with Gasteiger partial charge in [0.1, 0.15) is 11.8 Å². The molecule has 1 atom stereocenters. The van der Waals surface area contributed by atoms with Crippen LogP contribution in [0.25, 0.3) is 0 Å². The average molecular weight is 177 g/mol. The molecule has 0 spiro atoms. The van der Waals surface area contributed by atoms with Crippen LogP contribution in [0.1, 0.15) is 6.92 Å². The van der Waals surface area contributed by atoms with Gasteiger partial charge in [-0.3, -0.25) is 9.59 Å². The molecule has 64 valence electrons. The first kappa shape index (κ1) is 10.4. The molecule has 0 aromatic heterocycles. The first-order chi connectivity index (χ1) is 5.04. The predicted octanol–water partition coefficient (Wildman–Crippen LogP) is -0.280. The van der Waals surface area contributed by atoms with Gasteiger partial charge in [-0.15, -0.1) is 0 Å². The quantitative estimate of drug-likeness (QED) is 0.603. The number of aliphatic carboxylic acids is 1. The molecule has 0 aromatic rings. The third-order valence-electron chi connectivity index (χ3n) is 0.920. The molecule has 11 heavy (non-hydrogen) atoms. The van der Waals surface area contributed by atoms with E-state index in [1.807, 2.05) is 0 Å². The lowest BCUT2D eigenvalue weighted by molar-refractivity contribution is -0.137. The standard InChI is InChI=1S/C6H11NO3S/c1-4(8)2-11-3-5(7)6(9)10/h5H,2-3,7H2,1H3,(H,9,10)/t5-/m0/s1. The van der Waals surface area contributed by atoms with Crippen molar-refractivity contribution in [1.82, 2.24) is 0 Å². The number of nitrogens with two attached hydrogens (primary N) is 1. The van der Waals surface area contributed by atoms with E-state index in [0.717, 1.165) is 0 Å². The van der Waals surface area contributed by atoms with E-state index in [1.54, 1.807) is 0 Å². The van der Waals surface area contributed by atoms with Gasteiger partial charge in [0.25, 0.3) is 0 Å². The molecular formula is C6H11NO3S. The Labute approximate surface area is 69.1 Å². The molecule has 4 nitrogen and oxygen atoms in total. The first-order valence-electron chi connectivity index (χ1n) is 3.09. The van der Waals surface area contributed by atoms with Gasteiger partial charge in [0.05, 0.1) is 5.75 Å². The summed E-state index contributed by atoms with van der Waals surface area (Å²) >= 11 is 1.24. The molecule has 0 unspecified atom stereocenters. The summed E-state index contributed by atoms with van der Waals surface area (Å²) in [6, 6.07) is -0.862. The number of hydrogen-bond donors (Lipinski definition) is 2. The molecule has 0 saturated carbocycles. The van der Waals surface area contributed by atoms with Gasteiger partial charge in [0, 0.05) is 5.75 Å². The minimum atomic E-state index is -1.03. The van der Waals surface area contributed by atoms with Crippen molar-refractivity contribution in [3.8, 4) is 0 Å². The molecule has 0 aliphatic heterocycles. The fourth-order valence-electron chi connectivity index (χ4n) is 0.401. The summed E-state index contributed by atoms with van der Waals surface area (Å²) in [6.07, 6.45) is 0. The molecule has 0 aromatic carbocycles. The summed E-state index contributed by atoms with van der Waals surface area (Å²) in [6.45, 7) is 1.46. The normalized spacial score (nSPS) is 12.5. The van der Waals surface area contributed by atoms with Crippen LogP contribution >= 0.6 is 11.8 Å².